The average Bonchev–Trinajstić information content (AvgIpc) is 2.78. The monoisotopic (exact) mass is 436 g/mol. The summed E-state index contributed by atoms with van der Waals surface area (Å²) in [5.74, 6) is -0.674. The Hall–Kier alpha value is -2.65. The topological polar surface area (TPSA) is 76.2 Å². The predicted molar refractivity (Wildman–Crippen MR) is 111 cm³/mol. The van der Waals surface area contributed by atoms with Gasteiger partial charge in [0.25, 0.3) is 0 Å². The van der Waals surface area contributed by atoms with E-state index in [-0.39, 0.29) is 29.6 Å². The standard InChI is InChI=1S/C21H25FN2O5S/c1-23(17-7-4-8-18(13-17)28-2)21(25)15-6-5-11-24(14-15)30(26,27)20-12-16(22)9-10-19(20)29-3/h4,7-10,12-13,15H,5-6,11,14H2,1-3H3. The molecular weight excluding hydrogens is 411 g/mol. The lowest BCUT2D eigenvalue weighted by Gasteiger charge is -2.33. The van der Waals surface area contributed by atoms with Crippen molar-refractivity contribution in [3.63, 3.8) is 0 Å². The van der Waals surface area contributed by atoms with Crippen LogP contribution in [0.5, 0.6) is 11.5 Å². The highest BCUT2D eigenvalue weighted by atomic mass is 32.2. The highest BCUT2D eigenvalue weighted by Crippen LogP contribution is 2.31. The molecule has 0 aliphatic carbocycles. The molecule has 162 valence electrons. The van der Waals surface area contributed by atoms with Gasteiger partial charge in [-0.1, -0.05) is 6.07 Å². The van der Waals surface area contributed by atoms with Gasteiger partial charge >= 0.3 is 0 Å². The van der Waals surface area contributed by atoms with E-state index in [1.165, 1.54) is 22.4 Å². The fraction of sp³-hybridized carbons (Fsp3) is 0.381. The highest BCUT2D eigenvalue weighted by Gasteiger charge is 2.36. The van der Waals surface area contributed by atoms with Crippen molar-refractivity contribution in [1.29, 1.82) is 0 Å². The Morgan fingerprint density at radius 2 is 1.93 bits per heavy atom. The molecule has 0 saturated carbocycles. The van der Waals surface area contributed by atoms with Crippen molar-refractivity contribution in [2.75, 3.05) is 39.3 Å². The Morgan fingerprint density at radius 1 is 1.17 bits per heavy atom. The van der Waals surface area contributed by atoms with E-state index in [0.717, 1.165) is 12.1 Å². The summed E-state index contributed by atoms with van der Waals surface area (Å²) in [6, 6.07) is 10.5. The van der Waals surface area contributed by atoms with E-state index in [4.69, 9.17) is 9.47 Å². The quantitative estimate of drug-likeness (QED) is 0.696. The number of nitrogens with zero attached hydrogens (tertiary/aromatic N) is 2. The molecule has 0 spiro atoms. The molecule has 1 atom stereocenters. The summed E-state index contributed by atoms with van der Waals surface area (Å²) in [6.07, 6.45) is 1.10. The van der Waals surface area contributed by atoms with Crippen molar-refractivity contribution in [3.05, 3.63) is 48.3 Å². The first-order valence-electron chi connectivity index (χ1n) is 9.53. The zero-order valence-corrected chi connectivity index (χ0v) is 18.0. The highest BCUT2D eigenvalue weighted by molar-refractivity contribution is 7.89. The summed E-state index contributed by atoms with van der Waals surface area (Å²) >= 11 is 0. The first-order valence-corrected chi connectivity index (χ1v) is 11.0. The zero-order valence-electron chi connectivity index (χ0n) is 17.2. The summed E-state index contributed by atoms with van der Waals surface area (Å²) in [5, 5.41) is 0. The van der Waals surface area contributed by atoms with Gasteiger partial charge in [-0.15, -0.1) is 0 Å². The summed E-state index contributed by atoms with van der Waals surface area (Å²) in [5.41, 5.74) is 0.658. The molecule has 0 radical (unpaired) electrons. The van der Waals surface area contributed by atoms with Gasteiger partial charge < -0.3 is 14.4 Å². The van der Waals surface area contributed by atoms with Crippen LogP contribution in [0.1, 0.15) is 12.8 Å². The number of carbonyl (C=O) groups excluding carboxylic acids is 1. The van der Waals surface area contributed by atoms with E-state index in [2.05, 4.69) is 0 Å². The Morgan fingerprint density at radius 3 is 2.63 bits per heavy atom. The summed E-state index contributed by atoms with van der Waals surface area (Å²) in [6.45, 7) is 0.282. The molecule has 1 amide bonds. The van der Waals surface area contributed by atoms with Crippen LogP contribution in [0.15, 0.2) is 47.4 Å². The number of halogens is 1. The van der Waals surface area contributed by atoms with Gasteiger partial charge in [-0.05, 0) is 43.2 Å². The molecule has 1 fully saturated rings. The Kier molecular flexibility index (Phi) is 6.62. The minimum Gasteiger partial charge on any atom is -0.497 e. The van der Waals surface area contributed by atoms with Crippen LogP contribution >= 0.6 is 0 Å². The average molecular weight is 437 g/mol. The molecule has 1 saturated heterocycles. The van der Waals surface area contributed by atoms with Gasteiger partial charge in [0.05, 0.1) is 20.1 Å². The number of carbonyl (C=O) groups is 1. The van der Waals surface area contributed by atoms with Crippen molar-refractivity contribution >= 4 is 21.6 Å². The van der Waals surface area contributed by atoms with Gasteiger partial charge in [0.1, 0.15) is 22.2 Å². The molecule has 30 heavy (non-hydrogen) atoms. The lowest BCUT2D eigenvalue weighted by atomic mass is 9.98. The molecule has 9 heteroatoms. The van der Waals surface area contributed by atoms with E-state index in [1.807, 2.05) is 0 Å². The van der Waals surface area contributed by atoms with Gasteiger partial charge in [-0.2, -0.15) is 4.31 Å². The largest absolute Gasteiger partial charge is 0.497 e. The van der Waals surface area contributed by atoms with Crippen LogP contribution in [0.25, 0.3) is 0 Å². The van der Waals surface area contributed by atoms with Crippen LogP contribution < -0.4 is 14.4 Å². The van der Waals surface area contributed by atoms with E-state index in [0.29, 0.717) is 24.3 Å². The van der Waals surface area contributed by atoms with Crippen molar-refractivity contribution in [3.8, 4) is 11.5 Å². The Balaban J connectivity index is 1.82. The fourth-order valence-corrected chi connectivity index (χ4v) is 5.26. The smallest absolute Gasteiger partial charge is 0.246 e. The van der Waals surface area contributed by atoms with Crippen LogP contribution in [0.3, 0.4) is 0 Å². The van der Waals surface area contributed by atoms with Crippen LogP contribution in [-0.4, -0.2) is 53.0 Å². The third-order valence-electron chi connectivity index (χ3n) is 5.25. The lowest BCUT2D eigenvalue weighted by molar-refractivity contribution is -0.123. The van der Waals surface area contributed by atoms with E-state index < -0.39 is 21.8 Å². The first kappa shape index (κ1) is 22.0. The third-order valence-corrected chi connectivity index (χ3v) is 7.13. The number of amides is 1. The van der Waals surface area contributed by atoms with Crippen LogP contribution in [-0.2, 0) is 14.8 Å². The zero-order chi connectivity index (χ0) is 21.9. The first-order chi connectivity index (χ1) is 14.3. The Labute approximate surface area is 176 Å². The van der Waals surface area contributed by atoms with Crippen molar-refractivity contribution in [1.82, 2.24) is 4.31 Å². The van der Waals surface area contributed by atoms with Crippen LogP contribution in [0, 0.1) is 11.7 Å². The number of sulfonamides is 1. The molecule has 1 aliphatic rings. The Bertz CT molecular complexity index is 1030. The number of methoxy groups -OCH3 is 2. The van der Waals surface area contributed by atoms with Crippen molar-refractivity contribution in [2.24, 2.45) is 5.92 Å². The summed E-state index contributed by atoms with van der Waals surface area (Å²) in [7, 11) is 0.514. The second-order valence-electron chi connectivity index (χ2n) is 7.10. The third kappa shape index (κ3) is 4.41. The molecule has 0 N–H and O–H groups in total. The molecule has 1 unspecified atom stereocenters. The molecule has 0 aromatic heterocycles. The SMILES string of the molecule is COc1cccc(N(C)C(=O)C2CCCN(S(=O)(=O)c3cc(F)ccc3OC)C2)c1. The summed E-state index contributed by atoms with van der Waals surface area (Å²) < 4.78 is 51.6. The summed E-state index contributed by atoms with van der Waals surface area (Å²) in [4.78, 5) is 14.3. The van der Waals surface area contributed by atoms with E-state index in [1.54, 1.807) is 38.4 Å². The molecular formula is C21H25FN2O5S. The van der Waals surface area contributed by atoms with E-state index >= 15 is 0 Å². The fourth-order valence-electron chi connectivity index (χ4n) is 3.57. The molecule has 1 aliphatic heterocycles. The molecule has 7 nitrogen and oxygen atoms in total. The minimum absolute atomic E-state index is 0.0230. The molecule has 3 rings (SSSR count). The van der Waals surface area contributed by atoms with Crippen molar-refractivity contribution < 1.29 is 27.1 Å². The molecule has 1 heterocycles. The normalized spacial score (nSPS) is 17.4. The van der Waals surface area contributed by atoms with Gasteiger partial charge in [0.15, 0.2) is 0 Å². The number of anilines is 1. The van der Waals surface area contributed by atoms with Gasteiger partial charge in [-0.3, -0.25) is 4.79 Å². The van der Waals surface area contributed by atoms with Gasteiger partial charge in [0, 0.05) is 31.9 Å². The molecule has 2 aromatic carbocycles. The lowest BCUT2D eigenvalue weighted by Crippen LogP contribution is -2.46. The maximum Gasteiger partial charge on any atom is 0.246 e. The van der Waals surface area contributed by atoms with Gasteiger partial charge in [-0.25, -0.2) is 12.8 Å². The minimum atomic E-state index is -4.02. The number of hydrogen-bond acceptors (Lipinski definition) is 5. The maximum atomic E-state index is 13.7. The maximum absolute atomic E-state index is 13.7. The number of rotatable bonds is 6. The predicted octanol–water partition coefficient (Wildman–Crippen LogP) is 2.91. The van der Waals surface area contributed by atoms with Crippen molar-refractivity contribution in [2.45, 2.75) is 17.7 Å². The second kappa shape index (κ2) is 9.01. The van der Waals surface area contributed by atoms with Gasteiger partial charge in [0.2, 0.25) is 15.9 Å². The number of piperidine rings is 1. The number of benzene rings is 2. The van der Waals surface area contributed by atoms with E-state index in [9.17, 15) is 17.6 Å². The number of ether oxygens (including phenoxy) is 2. The second-order valence-corrected chi connectivity index (χ2v) is 9.00. The molecule has 2 aromatic rings. The number of hydrogen-bond donors (Lipinski definition) is 0. The molecule has 0 bridgehead atoms. The van der Waals surface area contributed by atoms with Crippen LogP contribution in [0.2, 0.25) is 0 Å². The van der Waals surface area contributed by atoms with Crippen LogP contribution in [0.4, 0.5) is 10.1 Å².